The Kier molecular flexibility index (Phi) is 3.67. The van der Waals surface area contributed by atoms with Gasteiger partial charge in [0.25, 0.3) is 0 Å². The third-order valence-electron chi connectivity index (χ3n) is 3.41. The van der Waals surface area contributed by atoms with Crippen molar-refractivity contribution < 1.29 is 4.79 Å². The second kappa shape index (κ2) is 5.61. The van der Waals surface area contributed by atoms with Gasteiger partial charge in [0, 0.05) is 13.1 Å². The summed E-state index contributed by atoms with van der Waals surface area (Å²) >= 11 is 5.73. The number of nitrogens with one attached hydrogen (secondary N) is 2. The molecule has 4 nitrogen and oxygen atoms in total. The van der Waals surface area contributed by atoms with Crippen molar-refractivity contribution in [3.63, 3.8) is 0 Å². The van der Waals surface area contributed by atoms with Gasteiger partial charge in [-0.1, -0.05) is 35.9 Å². The van der Waals surface area contributed by atoms with E-state index in [1.165, 1.54) is 5.56 Å². The average Bonchev–Trinajstić information content (AvgIpc) is 2.49. The van der Waals surface area contributed by atoms with Crippen LogP contribution < -0.4 is 10.6 Å². The molecule has 0 aliphatic carbocycles. The molecule has 1 aromatic heterocycles. The van der Waals surface area contributed by atoms with Crippen LogP contribution >= 0.6 is 11.6 Å². The molecule has 0 saturated carbocycles. The Morgan fingerprint density at radius 2 is 2.15 bits per heavy atom. The van der Waals surface area contributed by atoms with Gasteiger partial charge in [-0.05, 0) is 23.3 Å². The van der Waals surface area contributed by atoms with Crippen LogP contribution in [0.5, 0.6) is 0 Å². The lowest BCUT2D eigenvalue weighted by Crippen LogP contribution is -2.35. The Bertz CT molecular complexity index is 627. The van der Waals surface area contributed by atoms with Gasteiger partial charge in [0.15, 0.2) is 0 Å². The maximum absolute atomic E-state index is 12.4. The zero-order valence-corrected chi connectivity index (χ0v) is 11.5. The summed E-state index contributed by atoms with van der Waals surface area (Å²) < 4.78 is 0. The number of carbonyl (C=O) groups is 1. The van der Waals surface area contributed by atoms with Crippen LogP contribution in [-0.4, -0.2) is 17.4 Å². The highest BCUT2D eigenvalue weighted by atomic mass is 35.5. The van der Waals surface area contributed by atoms with Crippen molar-refractivity contribution in [1.82, 2.24) is 10.3 Å². The molecular weight excluding hydrogens is 274 g/mol. The van der Waals surface area contributed by atoms with Crippen LogP contribution in [0.3, 0.4) is 0 Å². The molecule has 1 aromatic carbocycles. The molecule has 1 amide bonds. The van der Waals surface area contributed by atoms with Crippen LogP contribution in [-0.2, 0) is 11.3 Å². The summed E-state index contributed by atoms with van der Waals surface area (Å²) in [5.41, 5.74) is 2.92. The molecule has 0 radical (unpaired) electrons. The summed E-state index contributed by atoms with van der Waals surface area (Å²) in [6.07, 6.45) is 1.56. The highest BCUT2D eigenvalue weighted by Crippen LogP contribution is 2.25. The minimum Gasteiger partial charge on any atom is -0.324 e. The summed E-state index contributed by atoms with van der Waals surface area (Å²) in [4.78, 5) is 16.4. The van der Waals surface area contributed by atoms with Crippen LogP contribution in [0.1, 0.15) is 17.0 Å². The number of carbonyl (C=O) groups excluding carboxylic acids is 1. The van der Waals surface area contributed by atoms with Crippen molar-refractivity contribution >= 4 is 23.2 Å². The summed E-state index contributed by atoms with van der Waals surface area (Å²) in [5.74, 6) is -0.218. The fraction of sp³-hybridized carbons (Fsp3) is 0.200. The fourth-order valence-corrected chi connectivity index (χ4v) is 2.52. The molecule has 0 fully saturated rings. The summed E-state index contributed by atoms with van der Waals surface area (Å²) in [6.45, 7) is 1.45. The maximum atomic E-state index is 12.4. The van der Waals surface area contributed by atoms with Gasteiger partial charge < -0.3 is 10.6 Å². The molecular formula is C15H14ClN3O. The Morgan fingerprint density at radius 3 is 2.95 bits per heavy atom. The molecule has 2 aromatic rings. The largest absolute Gasteiger partial charge is 0.324 e. The van der Waals surface area contributed by atoms with Gasteiger partial charge in [-0.3, -0.25) is 4.79 Å². The fourth-order valence-electron chi connectivity index (χ4n) is 2.41. The first-order chi connectivity index (χ1) is 9.74. The Balaban J connectivity index is 1.80. The maximum Gasteiger partial charge on any atom is 0.233 e. The van der Waals surface area contributed by atoms with E-state index in [1.807, 2.05) is 24.3 Å². The normalized spacial score (nSPS) is 17.4. The highest BCUT2D eigenvalue weighted by Gasteiger charge is 2.25. The third-order valence-corrected chi connectivity index (χ3v) is 3.63. The summed E-state index contributed by atoms with van der Waals surface area (Å²) in [6, 6.07) is 11.4. The molecule has 1 atom stereocenters. The number of pyridine rings is 1. The van der Waals surface area contributed by atoms with Crippen LogP contribution in [0.4, 0.5) is 5.69 Å². The zero-order chi connectivity index (χ0) is 13.9. The number of anilines is 1. The number of hydrogen-bond acceptors (Lipinski definition) is 3. The van der Waals surface area contributed by atoms with E-state index in [2.05, 4.69) is 15.6 Å². The van der Waals surface area contributed by atoms with Crippen molar-refractivity contribution in [3.8, 4) is 0 Å². The number of nitrogens with zero attached hydrogens (tertiary/aromatic N) is 1. The molecule has 0 bridgehead atoms. The van der Waals surface area contributed by atoms with E-state index in [9.17, 15) is 4.79 Å². The minimum atomic E-state index is -0.185. The molecule has 5 heteroatoms. The number of benzene rings is 1. The summed E-state index contributed by atoms with van der Waals surface area (Å²) in [5, 5.41) is 6.56. The van der Waals surface area contributed by atoms with E-state index in [1.54, 1.807) is 18.3 Å². The van der Waals surface area contributed by atoms with Gasteiger partial charge in [-0.2, -0.15) is 0 Å². The summed E-state index contributed by atoms with van der Waals surface area (Å²) in [7, 11) is 0. The molecule has 0 spiro atoms. The SMILES string of the molecule is O=C(Nc1ccc(Cl)nc1)C1CNCc2ccccc21. The first kappa shape index (κ1) is 13.1. The topological polar surface area (TPSA) is 54.0 Å². The van der Waals surface area contributed by atoms with E-state index < -0.39 is 0 Å². The number of aromatic nitrogens is 1. The molecule has 1 aliphatic rings. The Labute approximate surface area is 122 Å². The predicted molar refractivity (Wildman–Crippen MR) is 78.8 cm³/mol. The van der Waals surface area contributed by atoms with E-state index in [-0.39, 0.29) is 11.8 Å². The molecule has 1 unspecified atom stereocenters. The van der Waals surface area contributed by atoms with Crippen LogP contribution in [0.25, 0.3) is 0 Å². The monoisotopic (exact) mass is 287 g/mol. The van der Waals surface area contributed by atoms with E-state index in [0.29, 0.717) is 17.4 Å². The smallest absolute Gasteiger partial charge is 0.233 e. The molecule has 1 aliphatic heterocycles. The number of fused-ring (bicyclic) bond motifs is 1. The minimum absolute atomic E-state index is 0.0335. The second-order valence-corrected chi connectivity index (χ2v) is 5.13. The molecule has 3 rings (SSSR count). The van der Waals surface area contributed by atoms with Crippen LogP contribution in [0, 0.1) is 0 Å². The number of amides is 1. The molecule has 0 saturated heterocycles. The third kappa shape index (κ3) is 2.66. The molecule has 2 N–H and O–H groups in total. The lowest BCUT2D eigenvalue weighted by atomic mass is 9.90. The number of rotatable bonds is 2. The first-order valence-electron chi connectivity index (χ1n) is 6.45. The standard InChI is InChI=1S/C15H14ClN3O/c16-14-6-5-11(8-18-14)19-15(20)13-9-17-7-10-3-1-2-4-12(10)13/h1-6,8,13,17H,7,9H2,(H,19,20). The van der Waals surface area contributed by atoms with Gasteiger partial charge >= 0.3 is 0 Å². The van der Waals surface area contributed by atoms with Crippen LogP contribution in [0.2, 0.25) is 5.15 Å². The van der Waals surface area contributed by atoms with Crippen molar-refractivity contribution in [3.05, 3.63) is 58.9 Å². The Hall–Kier alpha value is -1.91. The van der Waals surface area contributed by atoms with Gasteiger partial charge in [0.05, 0.1) is 17.8 Å². The van der Waals surface area contributed by atoms with Crippen LogP contribution in [0.15, 0.2) is 42.6 Å². The van der Waals surface area contributed by atoms with Gasteiger partial charge in [-0.15, -0.1) is 0 Å². The van der Waals surface area contributed by atoms with Crippen molar-refractivity contribution in [1.29, 1.82) is 0 Å². The lowest BCUT2D eigenvalue weighted by molar-refractivity contribution is -0.117. The van der Waals surface area contributed by atoms with Crippen molar-refractivity contribution in [2.75, 3.05) is 11.9 Å². The zero-order valence-electron chi connectivity index (χ0n) is 10.8. The van der Waals surface area contributed by atoms with Crippen molar-refractivity contribution in [2.45, 2.75) is 12.5 Å². The van der Waals surface area contributed by atoms with E-state index in [4.69, 9.17) is 11.6 Å². The molecule has 102 valence electrons. The Morgan fingerprint density at radius 1 is 1.30 bits per heavy atom. The first-order valence-corrected chi connectivity index (χ1v) is 6.83. The average molecular weight is 288 g/mol. The predicted octanol–water partition coefficient (Wildman–Crippen LogP) is 2.56. The van der Waals surface area contributed by atoms with E-state index in [0.717, 1.165) is 12.1 Å². The highest BCUT2D eigenvalue weighted by molar-refractivity contribution is 6.29. The lowest BCUT2D eigenvalue weighted by Gasteiger charge is -2.25. The molecule has 20 heavy (non-hydrogen) atoms. The van der Waals surface area contributed by atoms with Crippen molar-refractivity contribution in [2.24, 2.45) is 0 Å². The van der Waals surface area contributed by atoms with Gasteiger partial charge in [-0.25, -0.2) is 4.98 Å². The van der Waals surface area contributed by atoms with E-state index >= 15 is 0 Å². The second-order valence-electron chi connectivity index (χ2n) is 4.74. The number of hydrogen-bond donors (Lipinski definition) is 2. The quantitative estimate of drug-likeness (QED) is 0.835. The molecule has 2 heterocycles. The number of halogens is 1. The van der Waals surface area contributed by atoms with Gasteiger partial charge in [0.1, 0.15) is 5.15 Å². The van der Waals surface area contributed by atoms with Gasteiger partial charge in [0.2, 0.25) is 5.91 Å².